The SMILES string of the molecule is Cc1cc(C)c(C(N)C2CCC2)c(F)c1. The zero-order valence-electron chi connectivity index (χ0n) is 9.39. The minimum Gasteiger partial charge on any atom is -0.324 e. The van der Waals surface area contributed by atoms with Gasteiger partial charge in [-0.2, -0.15) is 0 Å². The van der Waals surface area contributed by atoms with Crippen molar-refractivity contribution in [3.8, 4) is 0 Å². The molecule has 2 rings (SSSR count). The second-order valence-corrected chi connectivity index (χ2v) is 4.69. The molecule has 0 aromatic heterocycles. The Morgan fingerprint density at radius 2 is 2.00 bits per heavy atom. The molecule has 1 nitrogen and oxygen atoms in total. The Bertz CT molecular complexity index is 346. The summed E-state index contributed by atoms with van der Waals surface area (Å²) in [5, 5.41) is 0. The number of benzene rings is 1. The van der Waals surface area contributed by atoms with Crippen LogP contribution in [0.1, 0.15) is 42.0 Å². The van der Waals surface area contributed by atoms with Crippen LogP contribution in [0, 0.1) is 25.6 Å². The lowest BCUT2D eigenvalue weighted by Crippen LogP contribution is -2.28. The van der Waals surface area contributed by atoms with Crippen LogP contribution in [0.15, 0.2) is 12.1 Å². The number of rotatable bonds is 2. The first-order valence-corrected chi connectivity index (χ1v) is 5.62. The molecule has 0 aliphatic heterocycles. The summed E-state index contributed by atoms with van der Waals surface area (Å²) < 4.78 is 13.8. The van der Waals surface area contributed by atoms with E-state index in [0.717, 1.165) is 29.5 Å². The molecule has 0 saturated heterocycles. The minimum atomic E-state index is -0.132. The van der Waals surface area contributed by atoms with E-state index in [1.807, 2.05) is 19.9 Å². The van der Waals surface area contributed by atoms with Crippen LogP contribution >= 0.6 is 0 Å². The van der Waals surface area contributed by atoms with Gasteiger partial charge < -0.3 is 5.73 Å². The first kappa shape index (κ1) is 10.6. The zero-order valence-corrected chi connectivity index (χ0v) is 9.39. The monoisotopic (exact) mass is 207 g/mol. The fraction of sp³-hybridized carbons (Fsp3) is 0.538. The van der Waals surface area contributed by atoms with Crippen molar-refractivity contribution in [2.24, 2.45) is 11.7 Å². The molecule has 2 N–H and O–H groups in total. The van der Waals surface area contributed by atoms with Crippen LogP contribution in [0.5, 0.6) is 0 Å². The van der Waals surface area contributed by atoms with Crippen molar-refractivity contribution in [3.05, 3.63) is 34.6 Å². The highest BCUT2D eigenvalue weighted by Gasteiger charge is 2.28. The number of halogens is 1. The molecule has 15 heavy (non-hydrogen) atoms. The molecule has 1 fully saturated rings. The molecule has 1 unspecified atom stereocenters. The van der Waals surface area contributed by atoms with Gasteiger partial charge in [0.05, 0.1) is 0 Å². The summed E-state index contributed by atoms with van der Waals surface area (Å²) in [4.78, 5) is 0. The molecule has 2 heteroatoms. The standard InChI is InChI=1S/C13H18FN/c1-8-6-9(2)12(11(14)7-8)13(15)10-4-3-5-10/h6-7,10,13H,3-5,15H2,1-2H3. The molecule has 0 amide bonds. The zero-order chi connectivity index (χ0) is 11.0. The van der Waals surface area contributed by atoms with Crippen LogP contribution < -0.4 is 5.73 Å². The van der Waals surface area contributed by atoms with Gasteiger partial charge in [-0.25, -0.2) is 4.39 Å². The Morgan fingerprint density at radius 1 is 1.33 bits per heavy atom. The number of hydrogen-bond acceptors (Lipinski definition) is 1. The lowest BCUT2D eigenvalue weighted by atomic mass is 9.76. The smallest absolute Gasteiger partial charge is 0.128 e. The quantitative estimate of drug-likeness (QED) is 0.791. The molecular weight excluding hydrogens is 189 g/mol. The van der Waals surface area contributed by atoms with Crippen LogP contribution in [0.3, 0.4) is 0 Å². The molecule has 0 spiro atoms. The molecule has 1 aromatic carbocycles. The van der Waals surface area contributed by atoms with Crippen molar-refractivity contribution < 1.29 is 4.39 Å². The van der Waals surface area contributed by atoms with Gasteiger partial charge in [0.2, 0.25) is 0 Å². The second kappa shape index (κ2) is 3.93. The van der Waals surface area contributed by atoms with Gasteiger partial charge in [-0.15, -0.1) is 0 Å². The molecule has 1 atom stereocenters. The topological polar surface area (TPSA) is 26.0 Å². The Morgan fingerprint density at radius 3 is 2.47 bits per heavy atom. The van der Waals surface area contributed by atoms with Gasteiger partial charge in [-0.3, -0.25) is 0 Å². The van der Waals surface area contributed by atoms with Gasteiger partial charge >= 0.3 is 0 Å². The summed E-state index contributed by atoms with van der Waals surface area (Å²) in [6.45, 7) is 3.86. The van der Waals surface area contributed by atoms with E-state index in [0.29, 0.717) is 5.92 Å². The van der Waals surface area contributed by atoms with Gasteiger partial charge in [0.1, 0.15) is 5.82 Å². The average molecular weight is 207 g/mol. The van der Waals surface area contributed by atoms with Gasteiger partial charge in [0.15, 0.2) is 0 Å². The maximum absolute atomic E-state index is 13.8. The molecule has 0 radical (unpaired) electrons. The van der Waals surface area contributed by atoms with Crippen LogP contribution in [-0.4, -0.2) is 0 Å². The third kappa shape index (κ3) is 1.91. The molecule has 1 aromatic rings. The van der Waals surface area contributed by atoms with Crippen LogP contribution in [0.25, 0.3) is 0 Å². The maximum atomic E-state index is 13.8. The fourth-order valence-corrected chi connectivity index (χ4v) is 2.38. The van der Waals surface area contributed by atoms with E-state index in [2.05, 4.69) is 0 Å². The number of hydrogen-bond donors (Lipinski definition) is 1. The fourth-order valence-electron chi connectivity index (χ4n) is 2.38. The van der Waals surface area contributed by atoms with Crippen molar-refractivity contribution >= 4 is 0 Å². The predicted molar refractivity (Wildman–Crippen MR) is 60.1 cm³/mol. The Labute approximate surface area is 90.5 Å². The van der Waals surface area contributed by atoms with Crippen LogP contribution in [0.2, 0.25) is 0 Å². The number of aryl methyl sites for hydroxylation is 2. The predicted octanol–water partition coefficient (Wildman–Crippen LogP) is 3.24. The molecule has 1 aliphatic carbocycles. The number of nitrogens with two attached hydrogens (primary N) is 1. The lowest BCUT2D eigenvalue weighted by Gasteiger charge is -2.32. The molecule has 0 heterocycles. The third-order valence-corrected chi connectivity index (χ3v) is 3.47. The van der Waals surface area contributed by atoms with Crippen molar-refractivity contribution in [2.45, 2.75) is 39.2 Å². The van der Waals surface area contributed by atoms with Crippen molar-refractivity contribution in [2.75, 3.05) is 0 Å². The van der Waals surface area contributed by atoms with Gasteiger partial charge in [-0.05, 0) is 49.8 Å². The summed E-state index contributed by atoms with van der Waals surface area (Å²) in [7, 11) is 0. The molecule has 1 aliphatic rings. The normalized spacial score (nSPS) is 18.7. The van der Waals surface area contributed by atoms with E-state index in [-0.39, 0.29) is 11.9 Å². The summed E-state index contributed by atoms with van der Waals surface area (Å²) in [5.41, 5.74) is 8.80. The Hall–Kier alpha value is -0.890. The van der Waals surface area contributed by atoms with E-state index in [1.54, 1.807) is 6.07 Å². The maximum Gasteiger partial charge on any atom is 0.128 e. The van der Waals surface area contributed by atoms with E-state index in [9.17, 15) is 4.39 Å². The van der Waals surface area contributed by atoms with Crippen molar-refractivity contribution in [3.63, 3.8) is 0 Å². The average Bonchev–Trinajstić information content (AvgIpc) is 1.97. The summed E-state index contributed by atoms with van der Waals surface area (Å²) in [6.07, 6.45) is 3.53. The van der Waals surface area contributed by atoms with Gasteiger partial charge in [-0.1, -0.05) is 12.5 Å². The van der Waals surface area contributed by atoms with Crippen LogP contribution in [0.4, 0.5) is 4.39 Å². The van der Waals surface area contributed by atoms with Gasteiger partial charge in [0, 0.05) is 11.6 Å². The molecule has 0 bridgehead atoms. The Balaban J connectivity index is 2.33. The first-order chi connectivity index (χ1) is 7.09. The highest BCUT2D eigenvalue weighted by molar-refractivity contribution is 5.34. The highest BCUT2D eigenvalue weighted by Crippen LogP contribution is 2.38. The van der Waals surface area contributed by atoms with Crippen molar-refractivity contribution in [1.29, 1.82) is 0 Å². The highest BCUT2D eigenvalue weighted by atomic mass is 19.1. The summed E-state index contributed by atoms with van der Waals surface area (Å²) >= 11 is 0. The molecule has 82 valence electrons. The van der Waals surface area contributed by atoms with E-state index in [4.69, 9.17) is 5.73 Å². The minimum absolute atomic E-state index is 0.112. The summed E-state index contributed by atoms with van der Waals surface area (Å²) in [5.74, 6) is 0.354. The second-order valence-electron chi connectivity index (χ2n) is 4.69. The first-order valence-electron chi connectivity index (χ1n) is 5.62. The van der Waals surface area contributed by atoms with Gasteiger partial charge in [0.25, 0.3) is 0 Å². The summed E-state index contributed by atoms with van der Waals surface area (Å²) in [6, 6.07) is 3.48. The third-order valence-electron chi connectivity index (χ3n) is 3.47. The molecule has 1 saturated carbocycles. The van der Waals surface area contributed by atoms with E-state index >= 15 is 0 Å². The van der Waals surface area contributed by atoms with Crippen molar-refractivity contribution in [1.82, 2.24) is 0 Å². The van der Waals surface area contributed by atoms with E-state index < -0.39 is 0 Å². The van der Waals surface area contributed by atoms with Crippen LogP contribution in [-0.2, 0) is 0 Å². The lowest BCUT2D eigenvalue weighted by molar-refractivity contribution is 0.260. The Kier molecular flexibility index (Phi) is 2.79. The molecular formula is C13H18FN. The van der Waals surface area contributed by atoms with E-state index in [1.165, 1.54) is 6.42 Å². The largest absolute Gasteiger partial charge is 0.324 e.